The molecule has 1 unspecified atom stereocenters. The van der Waals surface area contributed by atoms with Gasteiger partial charge in [0.2, 0.25) is 5.88 Å². The summed E-state index contributed by atoms with van der Waals surface area (Å²) < 4.78 is 5.86. The molecule has 4 rings (SSSR count). The zero-order valence-corrected chi connectivity index (χ0v) is 14.9. The van der Waals surface area contributed by atoms with Crippen LogP contribution < -0.4 is 9.64 Å². The Hall–Kier alpha value is -2.24. The largest absolute Gasteiger partial charge is 0.476 e. The highest BCUT2D eigenvalue weighted by Gasteiger charge is 2.26. The third-order valence-electron chi connectivity index (χ3n) is 4.91. The summed E-state index contributed by atoms with van der Waals surface area (Å²) in [6, 6.07) is 6.00. The fraction of sp³-hybridized carbons (Fsp3) is 0.579. The van der Waals surface area contributed by atoms with Gasteiger partial charge in [-0.3, -0.25) is 0 Å². The molecule has 0 N–H and O–H groups in total. The van der Waals surface area contributed by atoms with Gasteiger partial charge in [-0.1, -0.05) is 13.8 Å². The highest BCUT2D eigenvalue weighted by atomic mass is 16.5. The molecule has 1 aliphatic heterocycles. The molecule has 1 saturated heterocycles. The average Bonchev–Trinajstić information content (AvgIpc) is 3.38. The fourth-order valence-electron chi connectivity index (χ4n) is 3.20. The van der Waals surface area contributed by atoms with Gasteiger partial charge in [-0.05, 0) is 31.4 Å². The minimum atomic E-state index is 0.346. The van der Waals surface area contributed by atoms with E-state index in [1.54, 1.807) is 0 Å². The normalized spacial score (nSPS) is 20.3. The van der Waals surface area contributed by atoms with Crippen molar-refractivity contribution in [1.29, 1.82) is 0 Å². The quantitative estimate of drug-likeness (QED) is 0.805. The molecule has 2 aliphatic rings. The summed E-state index contributed by atoms with van der Waals surface area (Å²) in [6.07, 6.45) is 5.45. The third kappa shape index (κ3) is 3.89. The topological polar surface area (TPSA) is 64.0 Å². The second-order valence-electron chi connectivity index (χ2n) is 7.41. The second kappa shape index (κ2) is 6.94. The van der Waals surface area contributed by atoms with Crippen molar-refractivity contribution < 1.29 is 4.74 Å². The van der Waals surface area contributed by atoms with Crippen LogP contribution in [0.3, 0.4) is 0 Å². The molecule has 0 amide bonds. The lowest BCUT2D eigenvalue weighted by Crippen LogP contribution is -2.23. The molecule has 2 aromatic rings. The van der Waals surface area contributed by atoms with Crippen LogP contribution in [-0.2, 0) is 0 Å². The van der Waals surface area contributed by atoms with Crippen LogP contribution in [0.25, 0.3) is 0 Å². The molecule has 6 heteroatoms. The van der Waals surface area contributed by atoms with Crippen LogP contribution in [0.4, 0.5) is 5.82 Å². The van der Waals surface area contributed by atoms with E-state index in [0.29, 0.717) is 30.2 Å². The molecule has 0 bridgehead atoms. The Bertz CT molecular complexity index is 714. The first kappa shape index (κ1) is 16.2. The molecule has 2 aromatic heterocycles. The van der Waals surface area contributed by atoms with Gasteiger partial charge in [0.05, 0.1) is 12.3 Å². The fourth-order valence-corrected chi connectivity index (χ4v) is 3.20. The summed E-state index contributed by atoms with van der Waals surface area (Å²) in [5, 5.41) is 8.47. The van der Waals surface area contributed by atoms with Gasteiger partial charge >= 0.3 is 0 Å². The maximum absolute atomic E-state index is 5.86. The number of anilines is 1. The molecule has 0 spiro atoms. The smallest absolute Gasteiger partial charge is 0.233 e. The van der Waals surface area contributed by atoms with Crippen LogP contribution >= 0.6 is 0 Å². The van der Waals surface area contributed by atoms with Gasteiger partial charge in [0.25, 0.3) is 0 Å². The lowest BCUT2D eigenvalue weighted by molar-refractivity contribution is 0.249. The predicted octanol–water partition coefficient (Wildman–Crippen LogP) is 3.17. The van der Waals surface area contributed by atoms with Crippen LogP contribution in [0.15, 0.2) is 24.4 Å². The van der Waals surface area contributed by atoms with Crippen molar-refractivity contribution in [3.8, 4) is 5.88 Å². The van der Waals surface area contributed by atoms with Gasteiger partial charge in [0.15, 0.2) is 0 Å². The number of hydrogen-bond acceptors (Lipinski definition) is 6. The highest BCUT2D eigenvalue weighted by molar-refractivity contribution is 5.39. The summed E-state index contributed by atoms with van der Waals surface area (Å²) in [5.74, 6) is 4.03. The number of nitrogens with zero attached hydrogens (tertiary/aromatic N) is 5. The van der Waals surface area contributed by atoms with E-state index in [9.17, 15) is 0 Å². The predicted molar refractivity (Wildman–Crippen MR) is 95.9 cm³/mol. The zero-order chi connectivity index (χ0) is 17.2. The molecule has 0 aromatic carbocycles. The minimum Gasteiger partial charge on any atom is -0.476 e. The van der Waals surface area contributed by atoms with E-state index in [0.717, 1.165) is 36.8 Å². The van der Waals surface area contributed by atoms with Gasteiger partial charge in [-0.2, -0.15) is 5.10 Å². The second-order valence-corrected chi connectivity index (χ2v) is 7.41. The number of ether oxygens (including phenoxy) is 1. The average molecular weight is 339 g/mol. The molecule has 2 fully saturated rings. The van der Waals surface area contributed by atoms with E-state index in [-0.39, 0.29) is 0 Å². The molecule has 1 aliphatic carbocycles. The summed E-state index contributed by atoms with van der Waals surface area (Å²) in [6.45, 7) is 6.89. The summed E-state index contributed by atoms with van der Waals surface area (Å²) >= 11 is 0. The standard InChI is InChI=1S/C19H25N5O/c1-13(2)19-20-9-7-17(21-19)24-10-8-14(11-24)12-25-18-6-5-16(22-23-18)15-3-4-15/h5-7,9,13-15H,3-4,8,10-12H2,1-2H3. The maximum atomic E-state index is 5.86. The van der Waals surface area contributed by atoms with Gasteiger partial charge < -0.3 is 9.64 Å². The van der Waals surface area contributed by atoms with Crippen LogP contribution in [0.2, 0.25) is 0 Å². The lowest BCUT2D eigenvalue weighted by Gasteiger charge is -2.18. The first-order chi connectivity index (χ1) is 12.2. The van der Waals surface area contributed by atoms with Crippen molar-refractivity contribution in [2.24, 2.45) is 5.92 Å². The first-order valence-electron chi connectivity index (χ1n) is 9.23. The Labute approximate surface area is 148 Å². The maximum Gasteiger partial charge on any atom is 0.233 e. The van der Waals surface area contributed by atoms with Crippen molar-refractivity contribution in [1.82, 2.24) is 20.2 Å². The zero-order valence-electron chi connectivity index (χ0n) is 14.9. The highest BCUT2D eigenvalue weighted by Crippen LogP contribution is 2.38. The Morgan fingerprint density at radius 2 is 2.04 bits per heavy atom. The Morgan fingerprint density at radius 3 is 2.76 bits per heavy atom. The molecule has 132 valence electrons. The first-order valence-corrected chi connectivity index (χ1v) is 9.23. The molecule has 1 saturated carbocycles. The van der Waals surface area contributed by atoms with Crippen molar-refractivity contribution in [3.05, 3.63) is 35.9 Å². The molecule has 0 radical (unpaired) electrons. The van der Waals surface area contributed by atoms with E-state index in [1.807, 2.05) is 18.3 Å². The molecular weight excluding hydrogens is 314 g/mol. The Kier molecular flexibility index (Phi) is 4.51. The third-order valence-corrected chi connectivity index (χ3v) is 4.91. The van der Waals surface area contributed by atoms with E-state index in [1.165, 1.54) is 12.8 Å². The van der Waals surface area contributed by atoms with Crippen LogP contribution in [0.1, 0.15) is 56.5 Å². The molecular formula is C19H25N5O. The van der Waals surface area contributed by atoms with Crippen molar-refractivity contribution >= 4 is 5.82 Å². The van der Waals surface area contributed by atoms with Gasteiger partial charge in [0, 0.05) is 43.1 Å². The van der Waals surface area contributed by atoms with E-state index in [4.69, 9.17) is 9.72 Å². The van der Waals surface area contributed by atoms with Gasteiger partial charge in [0.1, 0.15) is 11.6 Å². The van der Waals surface area contributed by atoms with Crippen molar-refractivity contribution in [3.63, 3.8) is 0 Å². The molecule has 25 heavy (non-hydrogen) atoms. The monoisotopic (exact) mass is 339 g/mol. The number of rotatable bonds is 6. The molecule has 6 nitrogen and oxygen atoms in total. The summed E-state index contributed by atoms with van der Waals surface area (Å²) in [7, 11) is 0. The molecule has 3 heterocycles. The lowest BCUT2D eigenvalue weighted by atomic mass is 10.1. The van der Waals surface area contributed by atoms with Gasteiger partial charge in [-0.25, -0.2) is 9.97 Å². The molecule has 1 atom stereocenters. The number of hydrogen-bond donors (Lipinski definition) is 0. The van der Waals surface area contributed by atoms with Crippen LogP contribution in [0.5, 0.6) is 5.88 Å². The van der Waals surface area contributed by atoms with E-state index in [2.05, 4.69) is 40.0 Å². The summed E-state index contributed by atoms with van der Waals surface area (Å²) in [5.41, 5.74) is 1.10. The van der Waals surface area contributed by atoms with Crippen LogP contribution in [0, 0.1) is 5.92 Å². The Balaban J connectivity index is 1.31. The Morgan fingerprint density at radius 1 is 1.16 bits per heavy atom. The van der Waals surface area contributed by atoms with Gasteiger partial charge in [-0.15, -0.1) is 5.10 Å². The van der Waals surface area contributed by atoms with Crippen molar-refractivity contribution in [2.75, 3.05) is 24.6 Å². The SMILES string of the molecule is CC(C)c1nccc(N2CCC(COc3ccc(C4CC4)nn3)C2)n1. The van der Waals surface area contributed by atoms with E-state index < -0.39 is 0 Å². The number of aromatic nitrogens is 4. The van der Waals surface area contributed by atoms with Crippen LogP contribution in [-0.4, -0.2) is 39.9 Å². The van der Waals surface area contributed by atoms with Crippen molar-refractivity contribution in [2.45, 2.75) is 44.9 Å². The minimum absolute atomic E-state index is 0.346. The summed E-state index contributed by atoms with van der Waals surface area (Å²) in [4.78, 5) is 11.4. The van der Waals surface area contributed by atoms with E-state index >= 15 is 0 Å².